The number of Topliss-reactive ketones (excluding diaryl/α,β-unsaturated/α-hetero) is 1. The van der Waals surface area contributed by atoms with E-state index < -0.39 is 17.7 Å². The highest BCUT2D eigenvalue weighted by molar-refractivity contribution is 7.10. The van der Waals surface area contributed by atoms with Gasteiger partial charge in [-0.3, -0.25) is 14.5 Å². The largest absolute Gasteiger partial charge is 0.507 e. The van der Waals surface area contributed by atoms with Gasteiger partial charge in [0.1, 0.15) is 17.6 Å². The first kappa shape index (κ1) is 19.0. The van der Waals surface area contributed by atoms with Crippen LogP contribution in [0.3, 0.4) is 0 Å². The average molecular weight is 405 g/mol. The zero-order valence-electron chi connectivity index (χ0n) is 16.0. The molecule has 1 aliphatic rings. The van der Waals surface area contributed by atoms with E-state index in [0.29, 0.717) is 17.0 Å². The Labute approximate surface area is 172 Å². The van der Waals surface area contributed by atoms with E-state index in [-0.39, 0.29) is 11.3 Å². The van der Waals surface area contributed by atoms with Crippen LogP contribution in [-0.4, -0.2) is 23.9 Å². The Bertz CT molecular complexity index is 1100. The van der Waals surface area contributed by atoms with Crippen LogP contribution in [0.5, 0.6) is 5.75 Å². The van der Waals surface area contributed by atoms with Crippen LogP contribution >= 0.6 is 11.3 Å². The number of hydrogen-bond acceptors (Lipinski definition) is 5. The fourth-order valence-corrected chi connectivity index (χ4v) is 4.32. The molecule has 0 spiro atoms. The van der Waals surface area contributed by atoms with Gasteiger partial charge >= 0.3 is 0 Å². The summed E-state index contributed by atoms with van der Waals surface area (Å²) in [7, 11) is 1.55. The maximum absolute atomic E-state index is 13.0. The monoisotopic (exact) mass is 405 g/mol. The predicted molar refractivity (Wildman–Crippen MR) is 113 cm³/mol. The van der Waals surface area contributed by atoms with Crippen molar-refractivity contribution in [3.8, 4) is 5.75 Å². The summed E-state index contributed by atoms with van der Waals surface area (Å²) in [6, 6.07) is 17.2. The number of aryl methyl sites for hydroxylation is 1. The molecule has 0 radical (unpaired) electrons. The number of ether oxygens (including phenoxy) is 1. The van der Waals surface area contributed by atoms with Gasteiger partial charge in [0, 0.05) is 16.1 Å². The van der Waals surface area contributed by atoms with Crippen molar-refractivity contribution >= 4 is 34.5 Å². The molecule has 4 rings (SSSR count). The Morgan fingerprint density at radius 1 is 1.07 bits per heavy atom. The minimum Gasteiger partial charge on any atom is -0.507 e. The minimum absolute atomic E-state index is 0.0872. The third kappa shape index (κ3) is 3.32. The van der Waals surface area contributed by atoms with E-state index in [0.717, 1.165) is 10.4 Å². The van der Waals surface area contributed by atoms with Crippen molar-refractivity contribution in [2.75, 3.05) is 12.0 Å². The first-order valence-corrected chi connectivity index (χ1v) is 9.94. The maximum atomic E-state index is 13.0. The van der Waals surface area contributed by atoms with Crippen molar-refractivity contribution in [3.63, 3.8) is 0 Å². The van der Waals surface area contributed by atoms with Crippen LogP contribution < -0.4 is 9.64 Å². The molecule has 2 aromatic carbocycles. The molecule has 1 unspecified atom stereocenters. The van der Waals surface area contributed by atoms with E-state index in [4.69, 9.17) is 4.74 Å². The molecule has 0 aliphatic carbocycles. The molecule has 2 heterocycles. The Morgan fingerprint density at radius 2 is 1.83 bits per heavy atom. The normalized spacial score (nSPS) is 18.3. The highest BCUT2D eigenvalue weighted by atomic mass is 32.1. The molecule has 1 amide bonds. The lowest BCUT2D eigenvalue weighted by Crippen LogP contribution is -2.29. The number of aliphatic hydroxyl groups excluding tert-OH is 1. The van der Waals surface area contributed by atoms with Crippen molar-refractivity contribution in [2.45, 2.75) is 13.0 Å². The van der Waals surface area contributed by atoms with E-state index in [2.05, 4.69) is 0 Å². The molecule has 1 N–H and O–H groups in total. The van der Waals surface area contributed by atoms with E-state index in [1.165, 1.54) is 16.2 Å². The highest BCUT2D eigenvalue weighted by Crippen LogP contribution is 2.43. The van der Waals surface area contributed by atoms with Crippen molar-refractivity contribution in [2.24, 2.45) is 0 Å². The second-order valence-corrected chi connectivity index (χ2v) is 7.73. The number of anilines is 1. The zero-order chi connectivity index (χ0) is 20.5. The summed E-state index contributed by atoms with van der Waals surface area (Å²) in [6.07, 6.45) is 0. The molecule has 146 valence electrons. The number of thiophene rings is 1. The number of amides is 1. The number of rotatable bonds is 4. The van der Waals surface area contributed by atoms with Crippen LogP contribution in [0, 0.1) is 6.92 Å². The molecule has 0 saturated carbocycles. The topological polar surface area (TPSA) is 66.8 Å². The number of nitrogens with zero attached hydrogens (tertiary/aromatic N) is 1. The quantitative estimate of drug-likeness (QED) is 0.388. The second-order valence-electron chi connectivity index (χ2n) is 6.75. The molecule has 3 aromatic rings. The molecule has 1 fully saturated rings. The fourth-order valence-electron chi connectivity index (χ4n) is 3.50. The number of carbonyl (C=O) groups is 2. The molecular weight excluding hydrogens is 386 g/mol. The summed E-state index contributed by atoms with van der Waals surface area (Å²) in [5.41, 5.74) is 2.14. The zero-order valence-corrected chi connectivity index (χ0v) is 16.8. The summed E-state index contributed by atoms with van der Waals surface area (Å²) in [5.74, 6) is -0.904. The fraction of sp³-hybridized carbons (Fsp3) is 0.130. The van der Waals surface area contributed by atoms with Crippen LogP contribution in [0.1, 0.15) is 22.0 Å². The van der Waals surface area contributed by atoms with Gasteiger partial charge in [0.2, 0.25) is 0 Å². The van der Waals surface area contributed by atoms with Gasteiger partial charge in [0.05, 0.1) is 12.7 Å². The minimum atomic E-state index is -0.696. The van der Waals surface area contributed by atoms with Crippen molar-refractivity contribution in [1.82, 2.24) is 0 Å². The first-order valence-electron chi connectivity index (χ1n) is 9.06. The second kappa shape index (κ2) is 7.56. The average Bonchev–Trinajstić information content (AvgIpc) is 3.35. The first-order chi connectivity index (χ1) is 14.0. The molecular formula is C23H19NO4S. The van der Waals surface area contributed by atoms with Crippen LogP contribution in [0.25, 0.3) is 5.76 Å². The highest BCUT2D eigenvalue weighted by Gasteiger charge is 2.47. The number of carbonyl (C=O) groups excluding carboxylic acids is 2. The Kier molecular flexibility index (Phi) is 4.94. The van der Waals surface area contributed by atoms with E-state index in [9.17, 15) is 14.7 Å². The SMILES string of the molecule is COc1ccc(/C(O)=C2/C(=O)C(=O)N(c3cccc(C)c3)C2c2cccs2)cc1. The number of ketones is 1. The molecule has 1 aliphatic heterocycles. The van der Waals surface area contributed by atoms with Crippen LogP contribution in [0.2, 0.25) is 0 Å². The van der Waals surface area contributed by atoms with Crippen LogP contribution in [-0.2, 0) is 9.59 Å². The molecule has 6 heteroatoms. The van der Waals surface area contributed by atoms with Crippen molar-refractivity contribution in [3.05, 3.63) is 87.6 Å². The summed E-state index contributed by atoms with van der Waals surface area (Å²) >= 11 is 1.44. The standard InChI is InChI=1S/C23H19NO4S/c1-14-5-3-6-16(13-14)24-20(18-7-4-12-29-18)19(22(26)23(24)27)21(25)15-8-10-17(28-2)11-9-15/h3-13,20,25H,1-2H3/b21-19-. The van der Waals surface area contributed by atoms with E-state index in [1.807, 2.05) is 42.6 Å². The molecule has 29 heavy (non-hydrogen) atoms. The van der Waals surface area contributed by atoms with Gasteiger partial charge in [0.25, 0.3) is 11.7 Å². The lowest BCUT2D eigenvalue weighted by atomic mass is 9.99. The molecule has 1 atom stereocenters. The number of benzene rings is 2. The van der Waals surface area contributed by atoms with Gasteiger partial charge < -0.3 is 9.84 Å². The van der Waals surface area contributed by atoms with E-state index >= 15 is 0 Å². The van der Waals surface area contributed by atoms with E-state index in [1.54, 1.807) is 37.4 Å². The van der Waals surface area contributed by atoms with Gasteiger partial charge in [-0.25, -0.2) is 0 Å². The van der Waals surface area contributed by atoms with Gasteiger partial charge in [-0.1, -0.05) is 18.2 Å². The molecule has 5 nitrogen and oxygen atoms in total. The predicted octanol–water partition coefficient (Wildman–Crippen LogP) is 4.69. The summed E-state index contributed by atoms with van der Waals surface area (Å²) in [4.78, 5) is 28.2. The van der Waals surface area contributed by atoms with Gasteiger partial charge in [-0.2, -0.15) is 0 Å². The molecule has 0 bridgehead atoms. The number of methoxy groups -OCH3 is 1. The third-order valence-corrected chi connectivity index (χ3v) is 5.83. The Hall–Kier alpha value is -3.38. The van der Waals surface area contributed by atoms with Crippen LogP contribution in [0.15, 0.2) is 71.6 Å². The summed E-state index contributed by atoms with van der Waals surface area (Å²) < 4.78 is 5.15. The Morgan fingerprint density at radius 3 is 2.45 bits per heavy atom. The summed E-state index contributed by atoms with van der Waals surface area (Å²) in [6.45, 7) is 1.93. The smallest absolute Gasteiger partial charge is 0.300 e. The lowest BCUT2D eigenvalue weighted by molar-refractivity contribution is -0.132. The number of aliphatic hydroxyl groups is 1. The number of hydrogen-bond donors (Lipinski definition) is 1. The Balaban J connectivity index is 1.90. The van der Waals surface area contributed by atoms with Gasteiger partial charge in [0.15, 0.2) is 0 Å². The van der Waals surface area contributed by atoms with Gasteiger partial charge in [-0.15, -0.1) is 11.3 Å². The maximum Gasteiger partial charge on any atom is 0.300 e. The third-order valence-electron chi connectivity index (χ3n) is 4.90. The molecule has 1 aromatic heterocycles. The van der Waals surface area contributed by atoms with Crippen LogP contribution in [0.4, 0.5) is 5.69 Å². The summed E-state index contributed by atoms with van der Waals surface area (Å²) in [5, 5.41) is 12.9. The van der Waals surface area contributed by atoms with Crippen molar-refractivity contribution < 1.29 is 19.4 Å². The van der Waals surface area contributed by atoms with Gasteiger partial charge in [-0.05, 0) is 60.3 Å². The van der Waals surface area contributed by atoms with Crippen molar-refractivity contribution in [1.29, 1.82) is 0 Å². The lowest BCUT2D eigenvalue weighted by Gasteiger charge is -2.24. The molecule has 1 saturated heterocycles.